The van der Waals surface area contributed by atoms with E-state index in [2.05, 4.69) is 20.4 Å². The third-order valence-corrected chi connectivity index (χ3v) is 5.97. The Hall–Kier alpha value is -4.50. The van der Waals surface area contributed by atoms with Crippen LogP contribution < -0.4 is 15.6 Å². The summed E-state index contributed by atoms with van der Waals surface area (Å²) in [6.45, 7) is 0. The van der Waals surface area contributed by atoms with Crippen molar-refractivity contribution in [1.82, 2.24) is 19.7 Å². The predicted octanol–water partition coefficient (Wildman–Crippen LogP) is 4.61. The molecular formula is C25H19N5O3S. The second-order valence-electron chi connectivity index (χ2n) is 7.28. The molecule has 0 bridgehead atoms. The van der Waals surface area contributed by atoms with Gasteiger partial charge in [-0.15, -0.1) is 11.3 Å². The fraction of sp³-hybridized carbons (Fsp3) is 0.0400. The number of aromatic amines is 1. The molecule has 0 fully saturated rings. The van der Waals surface area contributed by atoms with Gasteiger partial charge in [-0.2, -0.15) is 9.78 Å². The molecule has 3 heterocycles. The van der Waals surface area contributed by atoms with Crippen LogP contribution in [0.15, 0.2) is 89.0 Å². The number of nitrogens with zero attached hydrogens (tertiary/aromatic N) is 3. The van der Waals surface area contributed by atoms with Crippen LogP contribution in [0.25, 0.3) is 27.8 Å². The van der Waals surface area contributed by atoms with Gasteiger partial charge in [0.25, 0.3) is 11.5 Å². The van der Waals surface area contributed by atoms with Crippen LogP contribution in [-0.4, -0.2) is 32.8 Å². The number of anilines is 1. The second kappa shape index (κ2) is 9.16. The van der Waals surface area contributed by atoms with Crippen LogP contribution in [0.1, 0.15) is 10.4 Å². The number of rotatable bonds is 6. The van der Waals surface area contributed by atoms with Gasteiger partial charge in [-0.1, -0.05) is 48.5 Å². The SMILES string of the molecule is COc1ccccc1C(=O)Nc1cc(-c2cccs2)nn1-c1nc(-c2ccccc2)cc(=O)[nH]1. The number of ether oxygens (including phenoxy) is 1. The van der Waals surface area contributed by atoms with Gasteiger partial charge in [0.1, 0.15) is 17.3 Å². The lowest BCUT2D eigenvalue weighted by Gasteiger charge is -2.11. The maximum atomic E-state index is 13.1. The molecule has 0 radical (unpaired) electrons. The molecule has 0 saturated carbocycles. The summed E-state index contributed by atoms with van der Waals surface area (Å²) in [4.78, 5) is 33.9. The smallest absolute Gasteiger partial charge is 0.260 e. The van der Waals surface area contributed by atoms with Crippen LogP contribution in [0, 0.1) is 0 Å². The summed E-state index contributed by atoms with van der Waals surface area (Å²) in [5.41, 5.74) is 1.96. The maximum absolute atomic E-state index is 13.1. The van der Waals surface area contributed by atoms with Crippen molar-refractivity contribution in [2.45, 2.75) is 0 Å². The van der Waals surface area contributed by atoms with E-state index in [0.717, 1.165) is 10.4 Å². The average Bonchev–Trinajstić information content (AvgIpc) is 3.54. The van der Waals surface area contributed by atoms with Gasteiger partial charge in [-0.3, -0.25) is 14.6 Å². The molecule has 0 saturated heterocycles. The maximum Gasteiger partial charge on any atom is 0.260 e. The van der Waals surface area contributed by atoms with Crippen molar-refractivity contribution in [3.05, 3.63) is 100 Å². The number of amides is 1. The van der Waals surface area contributed by atoms with Crippen molar-refractivity contribution in [3.63, 3.8) is 0 Å². The molecule has 1 amide bonds. The van der Waals surface area contributed by atoms with Crippen molar-refractivity contribution >= 4 is 23.1 Å². The number of carbonyl (C=O) groups excluding carboxylic acids is 1. The minimum atomic E-state index is -0.377. The van der Waals surface area contributed by atoms with Crippen molar-refractivity contribution in [3.8, 4) is 33.5 Å². The summed E-state index contributed by atoms with van der Waals surface area (Å²) >= 11 is 1.52. The molecule has 5 aromatic rings. The van der Waals surface area contributed by atoms with Gasteiger partial charge in [0, 0.05) is 17.7 Å². The summed E-state index contributed by atoms with van der Waals surface area (Å²) < 4.78 is 6.75. The minimum absolute atomic E-state index is 0.185. The van der Waals surface area contributed by atoms with Gasteiger partial charge in [-0.25, -0.2) is 4.98 Å². The normalized spacial score (nSPS) is 10.7. The van der Waals surface area contributed by atoms with Crippen LogP contribution in [-0.2, 0) is 0 Å². The first-order valence-corrected chi connectivity index (χ1v) is 11.3. The quantitative estimate of drug-likeness (QED) is 0.378. The van der Waals surface area contributed by atoms with E-state index in [0.29, 0.717) is 28.5 Å². The van der Waals surface area contributed by atoms with Crippen LogP contribution in [0.2, 0.25) is 0 Å². The van der Waals surface area contributed by atoms with E-state index in [1.54, 1.807) is 30.3 Å². The van der Waals surface area contributed by atoms with E-state index in [1.807, 2.05) is 47.8 Å². The monoisotopic (exact) mass is 469 g/mol. The summed E-state index contributed by atoms with van der Waals surface area (Å²) in [6.07, 6.45) is 0. The molecule has 5 rings (SSSR count). The lowest BCUT2D eigenvalue weighted by molar-refractivity contribution is 0.102. The molecule has 34 heavy (non-hydrogen) atoms. The number of carbonyl (C=O) groups is 1. The third-order valence-electron chi connectivity index (χ3n) is 5.08. The van der Waals surface area contributed by atoms with Crippen molar-refractivity contribution < 1.29 is 9.53 Å². The first-order chi connectivity index (χ1) is 16.6. The second-order valence-corrected chi connectivity index (χ2v) is 8.23. The Labute approximate surface area is 198 Å². The summed E-state index contributed by atoms with van der Waals surface area (Å²) in [5, 5.41) is 9.46. The highest BCUT2D eigenvalue weighted by Crippen LogP contribution is 2.28. The van der Waals surface area contributed by atoms with Gasteiger partial charge in [0.05, 0.1) is 23.2 Å². The molecule has 2 aromatic carbocycles. The highest BCUT2D eigenvalue weighted by Gasteiger charge is 2.19. The Morgan fingerprint density at radius 3 is 2.56 bits per heavy atom. The molecule has 0 aliphatic rings. The van der Waals surface area contributed by atoms with Crippen LogP contribution >= 0.6 is 11.3 Å². The molecule has 0 spiro atoms. The molecule has 3 aromatic heterocycles. The number of aromatic nitrogens is 4. The zero-order valence-corrected chi connectivity index (χ0v) is 18.9. The number of thiophene rings is 1. The van der Waals surface area contributed by atoms with E-state index in [1.165, 1.54) is 29.2 Å². The highest BCUT2D eigenvalue weighted by atomic mass is 32.1. The Kier molecular flexibility index (Phi) is 5.75. The first-order valence-electron chi connectivity index (χ1n) is 10.4. The number of methoxy groups -OCH3 is 1. The van der Waals surface area contributed by atoms with Gasteiger partial charge >= 0.3 is 0 Å². The van der Waals surface area contributed by atoms with Gasteiger partial charge in [0.2, 0.25) is 5.95 Å². The lowest BCUT2D eigenvalue weighted by Crippen LogP contribution is -2.19. The topological polar surface area (TPSA) is 102 Å². The van der Waals surface area contributed by atoms with Gasteiger partial charge < -0.3 is 10.1 Å². The highest BCUT2D eigenvalue weighted by molar-refractivity contribution is 7.13. The van der Waals surface area contributed by atoms with E-state index in [-0.39, 0.29) is 17.4 Å². The van der Waals surface area contributed by atoms with Crippen molar-refractivity contribution in [1.29, 1.82) is 0 Å². The lowest BCUT2D eigenvalue weighted by atomic mass is 10.1. The summed E-state index contributed by atoms with van der Waals surface area (Å²) in [7, 11) is 1.51. The molecule has 0 unspecified atom stereocenters. The van der Waals surface area contributed by atoms with Crippen LogP contribution in [0.5, 0.6) is 5.75 Å². The molecule has 9 heteroatoms. The molecule has 2 N–H and O–H groups in total. The zero-order valence-electron chi connectivity index (χ0n) is 18.1. The minimum Gasteiger partial charge on any atom is -0.496 e. The summed E-state index contributed by atoms with van der Waals surface area (Å²) in [6, 6.07) is 23.3. The molecule has 0 aliphatic heterocycles. The van der Waals surface area contributed by atoms with Gasteiger partial charge in [0.15, 0.2) is 0 Å². The zero-order chi connectivity index (χ0) is 23.5. The molecule has 0 aliphatic carbocycles. The molecular weight excluding hydrogens is 450 g/mol. The predicted molar refractivity (Wildman–Crippen MR) is 132 cm³/mol. The van der Waals surface area contributed by atoms with E-state index >= 15 is 0 Å². The third kappa shape index (κ3) is 4.24. The first kappa shape index (κ1) is 21.4. The standard InChI is InChI=1S/C25H19N5O3S/c1-33-20-11-6-5-10-17(20)24(32)27-22-14-19(21-12-7-13-34-21)29-30(22)25-26-18(15-23(31)28-25)16-8-3-2-4-9-16/h2-15H,1H3,(H,27,32)(H,26,28,31). The largest absolute Gasteiger partial charge is 0.496 e. The number of hydrogen-bond acceptors (Lipinski definition) is 6. The van der Waals surface area contributed by atoms with Crippen molar-refractivity contribution in [2.24, 2.45) is 0 Å². The fourth-order valence-electron chi connectivity index (χ4n) is 3.49. The van der Waals surface area contributed by atoms with E-state index in [9.17, 15) is 9.59 Å². The van der Waals surface area contributed by atoms with E-state index < -0.39 is 0 Å². The number of H-pyrrole nitrogens is 1. The van der Waals surface area contributed by atoms with Crippen LogP contribution in [0.3, 0.4) is 0 Å². The number of para-hydroxylation sites is 1. The number of benzene rings is 2. The van der Waals surface area contributed by atoms with Gasteiger partial charge in [-0.05, 0) is 23.6 Å². The Morgan fingerprint density at radius 2 is 1.79 bits per heavy atom. The van der Waals surface area contributed by atoms with Crippen molar-refractivity contribution in [2.75, 3.05) is 12.4 Å². The Morgan fingerprint density at radius 1 is 1.00 bits per heavy atom. The Bertz CT molecular complexity index is 1510. The summed E-state index contributed by atoms with van der Waals surface area (Å²) in [5.74, 6) is 0.609. The molecule has 8 nitrogen and oxygen atoms in total. The van der Waals surface area contributed by atoms with E-state index in [4.69, 9.17) is 4.74 Å². The molecule has 168 valence electrons. The number of nitrogens with one attached hydrogen (secondary N) is 2. The molecule has 0 atom stereocenters. The number of hydrogen-bond donors (Lipinski definition) is 2. The average molecular weight is 470 g/mol. The van der Waals surface area contributed by atoms with Crippen LogP contribution in [0.4, 0.5) is 5.82 Å². The fourth-order valence-corrected chi connectivity index (χ4v) is 4.18. The Balaban J connectivity index is 1.61.